The van der Waals surface area contributed by atoms with Crippen LogP contribution in [0.4, 0.5) is 5.69 Å². The molecule has 25 heavy (non-hydrogen) atoms. The lowest BCUT2D eigenvalue weighted by atomic mass is 10.0. The molecule has 1 heterocycles. The minimum Gasteiger partial charge on any atom is -0.339 e. The Kier molecular flexibility index (Phi) is 5.46. The van der Waals surface area contributed by atoms with Crippen LogP contribution in [0.15, 0.2) is 54.6 Å². The maximum absolute atomic E-state index is 12.3. The van der Waals surface area contributed by atoms with Gasteiger partial charge in [0.25, 0.3) is 5.91 Å². The van der Waals surface area contributed by atoms with Crippen molar-refractivity contribution in [1.82, 2.24) is 4.90 Å². The van der Waals surface area contributed by atoms with Crippen LogP contribution in [0.2, 0.25) is 0 Å². The number of nitrogens with two attached hydrogens (primary N) is 1. The SMILES string of the molecule is NC(CC(=O)Nc1ccc(C(=O)N2CCCC2)cc1)c1ccccc1. The molecule has 3 N–H and O–H groups in total. The molecule has 1 aliphatic heterocycles. The fraction of sp³-hybridized carbons (Fsp3) is 0.300. The predicted octanol–water partition coefficient (Wildman–Crippen LogP) is 2.95. The number of rotatable bonds is 5. The monoisotopic (exact) mass is 337 g/mol. The van der Waals surface area contributed by atoms with Crippen LogP contribution < -0.4 is 11.1 Å². The van der Waals surface area contributed by atoms with E-state index in [4.69, 9.17) is 5.73 Å². The van der Waals surface area contributed by atoms with E-state index in [1.807, 2.05) is 35.2 Å². The number of carbonyl (C=O) groups is 2. The summed E-state index contributed by atoms with van der Waals surface area (Å²) < 4.78 is 0. The van der Waals surface area contributed by atoms with Crippen LogP contribution in [-0.2, 0) is 4.79 Å². The van der Waals surface area contributed by atoms with Crippen molar-refractivity contribution < 1.29 is 9.59 Å². The van der Waals surface area contributed by atoms with E-state index in [0.717, 1.165) is 31.5 Å². The Bertz CT molecular complexity index is 722. The van der Waals surface area contributed by atoms with Gasteiger partial charge in [-0.1, -0.05) is 30.3 Å². The Morgan fingerprint density at radius 2 is 1.64 bits per heavy atom. The lowest BCUT2D eigenvalue weighted by molar-refractivity contribution is -0.116. The number of anilines is 1. The van der Waals surface area contributed by atoms with Gasteiger partial charge in [0, 0.05) is 36.8 Å². The van der Waals surface area contributed by atoms with Gasteiger partial charge in [0.1, 0.15) is 0 Å². The molecule has 1 atom stereocenters. The van der Waals surface area contributed by atoms with Gasteiger partial charge in [0.05, 0.1) is 0 Å². The summed E-state index contributed by atoms with van der Waals surface area (Å²) in [6.07, 6.45) is 2.35. The lowest BCUT2D eigenvalue weighted by Gasteiger charge is -2.15. The van der Waals surface area contributed by atoms with Crippen LogP contribution in [0.5, 0.6) is 0 Å². The van der Waals surface area contributed by atoms with E-state index in [1.165, 1.54) is 0 Å². The summed E-state index contributed by atoms with van der Waals surface area (Å²) in [5.41, 5.74) is 8.33. The minimum absolute atomic E-state index is 0.0569. The molecule has 1 unspecified atom stereocenters. The summed E-state index contributed by atoms with van der Waals surface area (Å²) in [6.45, 7) is 1.66. The van der Waals surface area contributed by atoms with Crippen molar-refractivity contribution in [3.63, 3.8) is 0 Å². The number of amides is 2. The number of nitrogens with one attached hydrogen (secondary N) is 1. The van der Waals surface area contributed by atoms with Crippen LogP contribution in [0.1, 0.15) is 41.2 Å². The van der Waals surface area contributed by atoms with Crippen molar-refractivity contribution in [2.24, 2.45) is 5.73 Å². The Hall–Kier alpha value is -2.66. The fourth-order valence-electron chi connectivity index (χ4n) is 3.03. The first kappa shape index (κ1) is 17.2. The van der Waals surface area contributed by atoms with Crippen LogP contribution in [0.3, 0.4) is 0 Å². The normalized spacial score (nSPS) is 15.0. The number of benzene rings is 2. The first-order valence-corrected chi connectivity index (χ1v) is 8.63. The van der Waals surface area contributed by atoms with Gasteiger partial charge in [-0.25, -0.2) is 0 Å². The Morgan fingerprint density at radius 1 is 1.00 bits per heavy atom. The molecule has 1 fully saturated rings. The molecule has 3 rings (SSSR count). The van der Waals surface area contributed by atoms with E-state index >= 15 is 0 Å². The molecule has 0 radical (unpaired) electrons. The summed E-state index contributed by atoms with van der Waals surface area (Å²) in [6, 6.07) is 16.3. The van der Waals surface area contributed by atoms with Gasteiger partial charge in [0.15, 0.2) is 0 Å². The highest BCUT2D eigenvalue weighted by Crippen LogP contribution is 2.17. The van der Waals surface area contributed by atoms with Crippen LogP contribution in [0.25, 0.3) is 0 Å². The van der Waals surface area contributed by atoms with E-state index in [0.29, 0.717) is 11.3 Å². The molecule has 5 nitrogen and oxygen atoms in total. The minimum atomic E-state index is -0.336. The Balaban J connectivity index is 1.55. The second-order valence-corrected chi connectivity index (χ2v) is 6.35. The van der Waals surface area contributed by atoms with Gasteiger partial charge in [-0.3, -0.25) is 9.59 Å². The van der Waals surface area contributed by atoms with Crippen molar-refractivity contribution in [3.8, 4) is 0 Å². The molecular formula is C20H23N3O2. The summed E-state index contributed by atoms with van der Waals surface area (Å²) in [4.78, 5) is 26.3. The molecule has 1 aliphatic rings. The second-order valence-electron chi connectivity index (χ2n) is 6.35. The van der Waals surface area contributed by atoms with E-state index in [-0.39, 0.29) is 24.3 Å². The summed E-state index contributed by atoms with van der Waals surface area (Å²) >= 11 is 0. The van der Waals surface area contributed by atoms with Crippen LogP contribution >= 0.6 is 0 Å². The molecule has 0 aromatic heterocycles. The zero-order valence-electron chi connectivity index (χ0n) is 14.2. The zero-order valence-corrected chi connectivity index (χ0v) is 14.2. The van der Waals surface area contributed by atoms with Gasteiger partial charge >= 0.3 is 0 Å². The summed E-state index contributed by atoms with van der Waals surface area (Å²) in [7, 11) is 0. The van der Waals surface area contributed by atoms with Gasteiger partial charge in [-0.2, -0.15) is 0 Å². The van der Waals surface area contributed by atoms with Gasteiger partial charge in [0.2, 0.25) is 5.91 Å². The Labute approximate surface area is 147 Å². The van der Waals surface area contributed by atoms with E-state index < -0.39 is 0 Å². The van der Waals surface area contributed by atoms with Gasteiger partial charge < -0.3 is 16.0 Å². The number of likely N-dealkylation sites (tertiary alicyclic amines) is 1. The van der Waals surface area contributed by atoms with E-state index in [1.54, 1.807) is 24.3 Å². The first-order chi connectivity index (χ1) is 12.1. The van der Waals surface area contributed by atoms with Crippen molar-refractivity contribution in [3.05, 3.63) is 65.7 Å². The van der Waals surface area contributed by atoms with Crippen molar-refractivity contribution in [2.75, 3.05) is 18.4 Å². The summed E-state index contributed by atoms with van der Waals surface area (Å²) in [5, 5.41) is 2.83. The van der Waals surface area contributed by atoms with E-state index in [2.05, 4.69) is 5.32 Å². The predicted molar refractivity (Wildman–Crippen MR) is 98.2 cm³/mol. The standard InChI is InChI=1S/C20H23N3O2/c21-18(15-6-2-1-3-7-15)14-19(24)22-17-10-8-16(9-11-17)20(25)23-12-4-5-13-23/h1-3,6-11,18H,4-5,12-14,21H2,(H,22,24). The highest BCUT2D eigenvalue weighted by molar-refractivity contribution is 5.96. The molecule has 0 saturated carbocycles. The highest BCUT2D eigenvalue weighted by Gasteiger charge is 2.19. The van der Waals surface area contributed by atoms with Crippen molar-refractivity contribution in [2.45, 2.75) is 25.3 Å². The lowest BCUT2D eigenvalue weighted by Crippen LogP contribution is -2.27. The molecule has 130 valence electrons. The smallest absolute Gasteiger partial charge is 0.253 e. The average molecular weight is 337 g/mol. The van der Waals surface area contributed by atoms with Crippen molar-refractivity contribution >= 4 is 17.5 Å². The topological polar surface area (TPSA) is 75.4 Å². The third-order valence-electron chi connectivity index (χ3n) is 4.44. The molecule has 2 amide bonds. The molecule has 0 bridgehead atoms. The maximum Gasteiger partial charge on any atom is 0.253 e. The zero-order chi connectivity index (χ0) is 17.6. The molecule has 2 aromatic carbocycles. The fourth-order valence-corrected chi connectivity index (χ4v) is 3.03. The Morgan fingerprint density at radius 3 is 2.28 bits per heavy atom. The molecule has 1 saturated heterocycles. The molecule has 2 aromatic rings. The molecule has 0 aliphatic carbocycles. The van der Waals surface area contributed by atoms with E-state index in [9.17, 15) is 9.59 Å². The molecule has 5 heteroatoms. The number of carbonyl (C=O) groups excluding carboxylic acids is 2. The van der Waals surface area contributed by atoms with Gasteiger partial charge in [-0.05, 0) is 42.7 Å². The maximum atomic E-state index is 12.3. The summed E-state index contributed by atoms with van der Waals surface area (Å²) in [5.74, 6) is -0.0866. The highest BCUT2D eigenvalue weighted by atomic mass is 16.2. The third kappa shape index (κ3) is 4.45. The van der Waals surface area contributed by atoms with Crippen molar-refractivity contribution in [1.29, 1.82) is 0 Å². The largest absolute Gasteiger partial charge is 0.339 e. The number of nitrogens with zero attached hydrogens (tertiary/aromatic N) is 1. The quantitative estimate of drug-likeness (QED) is 0.881. The van der Waals surface area contributed by atoms with Gasteiger partial charge in [-0.15, -0.1) is 0 Å². The molecule has 0 spiro atoms. The number of hydrogen-bond donors (Lipinski definition) is 2. The van der Waals surface area contributed by atoms with Crippen LogP contribution in [0, 0.1) is 0 Å². The number of hydrogen-bond acceptors (Lipinski definition) is 3. The second kappa shape index (κ2) is 7.94. The third-order valence-corrected chi connectivity index (χ3v) is 4.44. The molecular weight excluding hydrogens is 314 g/mol. The first-order valence-electron chi connectivity index (χ1n) is 8.63. The van der Waals surface area contributed by atoms with Crippen LogP contribution in [-0.4, -0.2) is 29.8 Å². The average Bonchev–Trinajstić information content (AvgIpc) is 3.17.